The standard InChI is InChI=1S/C15H16N2O2/c1-11(12-6-4-3-5-7-12)17-15(18)13-8-9-14(19-2)16-10-13/h3-11H,1-2H3,(H,17,18). The van der Waals surface area contributed by atoms with Crippen LogP contribution in [-0.4, -0.2) is 18.0 Å². The van der Waals surface area contributed by atoms with E-state index in [9.17, 15) is 4.79 Å². The van der Waals surface area contributed by atoms with Crippen molar-refractivity contribution in [3.8, 4) is 5.88 Å². The molecule has 0 aliphatic carbocycles. The van der Waals surface area contributed by atoms with Crippen LogP contribution in [0.4, 0.5) is 0 Å². The molecule has 2 aromatic rings. The minimum absolute atomic E-state index is 0.0456. The molecule has 0 aliphatic heterocycles. The molecule has 0 bridgehead atoms. The monoisotopic (exact) mass is 256 g/mol. The van der Waals surface area contributed by atoms with Crippen molar-refractivity contribution >= 4 is 5.91 Å². The molecular weight excluding hydrogens is 240 g/mol. The van der Waals surface area contributed by atoms with Gasteiger partial charge in [-0.05, 0) is 18.6 Å². The highest BCUT2D eigenvalue weighted by molar-refractivity contribution is 5.94. The highest BCUT2D eigenvalue weighted by Crippen LogP contribution is 2.13. The molecule has 19 heavy (non-hydrogen) atoms. The van der Waals surface area contributed by atoms with E-state index in [2.05, 4.69) is 10.3 Å². The third-order valence-electron chi connectivity index (χ3n) is 2.85. The number of hydrogen-bond donors (Lipinski definition) is 1. The molecule has 4 heteroatoms. The zero-order valence-corrected chi connectivity index (χ0v) is 11.0. The van der Waals surface area contributed by atoms with Gasteiger partial charge in [-0.15, -0.1) is 0 Å². The molecule has 1 aromatic heterocycles. The molecule has 98 valence electrons. The topological polar surface area (TPSA) is 51.2 Å². The lowest BCUT2D eigenvalue weighted by Crippen LogP contribution is -2.26. The minimum atomic E-state index is -0.147. The first-order valence-electron chi connectivity index (χ1n) is 6.06. The molecular formula is C15H16N2O2. The maximum Gasteiger partial charge on any atom is 0.253 e. The molecule has 0 saturated carbocycles. The van der Waals surface area contributed by atoms with Crippen LogP contribution in [0.3, 0.4) is 0 Å². The van der Waals surface area contributed by atoms with E-state index in [0.717, 1.165) is 5.56 Å². The lowest BCUT2D eigenvalue weighted by atomic mass is 10.1. The van der Waals surface area contributed by atoms with Gasteiger partial charge in [0, 0.05) is 12.3 Å². The quantitative estimate of drug-likeness (QED) is 0.914. The van der Waals surface area contributed by atoms with Gasteiger partial charge in [0.25, 0.3) is 5.91 Å². The van der Waals surface area contributed by atoms with E-state index in [1.165, 1.54) is 6.20 Å². The SMILES string of the molecule is COc1ccc(C(=O)NC(C)c2ccccc2)cn1. The number of hydrogen-bond acceptors (Lipinski definition) is 3. The van der Waals surface area contributed by atoms with Gasteiger partial charge in [0.05, 0.1) is 18.7 Å². The highest BCUT2D eigenvalue weighted by atomic mass is 16.5. The third kappa shape index (κ3) is 3.31. The fraction of sp³-hybridized carbons (Fsp3) is 0.200. The maximum atomic E-state index is 12.0. The van der Waals surface area contributed by atoms with Crippen LogP contribution in [0, 0.1) is 0 Å². The van der Waals surface area contributed by atoms with Crippen LogP contribution in [0.2, 0.25) is 0 Å². The van der Waals surface area contributed by atoms with Gasteiger partial charge in [-0.2, -0.15) is 0 Å². The lowest BCUT2D eigenvalue weighted by Gasteiger charge is -2.14. The molecule has 2 rings (SSSR count). The Morgan fingerprint density at radius 2 is 1.95 bits per heavy atom. The van der Waals surface area contributed by atoms with Crippen LogP contribution in [0.1, 0.15) is 28.9 Å². The Balaban J connectivity index is 2.04. The van der Waals surface area contributed by atoms with Crippen molar-refractivity contribution in [2.45, 2.75) is 13.0 Å². The second kappa shape index (κ2) is 6.00. The fourth-order valence-electron chi connectivity index (χ4n) is 1.74. The van der Waals surface area contributed by atoms with E-state index in [-0.39, 0.29) is 11.9 Å². The van der Waals surface area contributed by atoms with E-state index in [1.807, 2.05) is 37.3 Å². The number of nitrogens with zero attached hydrogens (tertiary/aromatic N) is 1. The zero-order valence-electron chi connectivity index (χ0n) is 11.0. The van der Waals surface area contributed by atoms with Crippen LogP contribution in [0.5, 0.6) is 5.88 Å². The van der Waals surface area contributed by atoms with Crippen molar-refractivity contribution in [2.75, 3.05) is 7.11 Å². The number of benzene rings is 1. The van der Waals surface area contributed by atoms with E-state index >= 15 is 0 Å². The average molecular weight is 256 g/mol. The Morgan fingerprint density at radius 3 is 2.53 bits per heavy atom. The van der Waals surface area contributed by atoms with E-state index in [1.54, 1.807) is 19.2 Å². The Hall–Kier alpha value is -2.36. The molecule has 0 spiro atoms. The molecule has 1 atom stereocenters. The van der Waals surface area contributed by atoms with Gasteiger partial charge in [-0.25, -0.2) is 4.98 Å². The predicted molar refractivity (Wildman–Crippen MR) is 73.1 cm³/mol. The number of nitrogens with one attached hydrogen (secondary N) is 1. The Morgan fingerprint density at radius 1 is 1.21 bits per heavy atom. The molecule has 0 aliphatic rings. The predicted octanol–water partition coefficient (Wildman–Crippen LogP) is 2.58. The molecule has 1 aromatic carbocycles. The summed E-state index contributed by atoms with van der Waals surface area (Å²) in [4.78, 5) is 16.1. The largest absolute Gasteiger partial charge is 0.481 e. The van der Waals surface area contributed by atoms with Crippen LogP contribution >= 0.6 is 0 Å². The number of carbonyl (C=O) groups is 1. The molecule has 1 amide bonds. The summed E-state index contributed by atoms with van der Waals surface area (Å²) in [6.07, 6.45) is 1.51. The van der Waals surface area contributed by atoms with Crippen molar-refractivity contribution in [3.05, 3.63) is 59.8 Å². The summed E-state index contributed by atoms with van der Waals surface area (Å²) in [6, 6.07) is 13.1. The zero-order chi connectivity index (χ0) is 13.7. The number of amides is 1. The van der Waals surface area contributed by atoms with E-state index in [4.69, 9.17) is 4.74 Å². The number of ether oxygens (including phenoxy) is 1. The summed E-state index contributed by atoms with van der Waals surface area (Å²) in [5.41, 5.74) is 1.58. The maximum absolute atomic E-state index is 12.0. The Bertz CT molecular complexity index is 538. The fourth-order valence-corrected chi connectivity index (χ4v) is 1.74. The number of carbonyl (C=O) groups excluding carboxylic acids is 1. The van der Waals surface area contributed by atoms with Gasteiger partial charge < -0.3 is 10.1 Å². The van der Waals surface area contributed by atoms with Gasteiger partial charge in [0.1, 0.15) is 0 Å². The second-order valence-corrected chi connectivity index (χ2v) is 4.20. The smallest absolute Gasteiger partial charge is 0.253 e. The van der Waals surface area contributed by atoms with Crippen molar-refractivity contribution in [1.82, 2.24) is 10.3 Å². The first-order valence-corrected chi connectivity index (χ1v) is 6.06. The molecule has 1 heterocycles. The number of pyridine rings is 1. The number of aromatic nitrogens is 1. The summed E-state index contributed by atoms with van der Waals surface area (Å²) < 4.78 is 4.96. The molecule has 0 fully saturated rings. The molecule has 0 saturated heterocycles. The van der Waals surface area contributed by atoms with Crippen LogP contribution < -0.4 is 10.1 Å². The molecule has 1 N–H and O–H groups in total. The second-order valence-electron chi connectivity index (χ2n) is 4.20. The number of rotatable bonds is 4. The van der Waals surface area contributed by atoms with Crippen LogP contribution in [-0.2, 0) is 0 Å². The molecule has 4 nitrogen and oxygen atoms in total. The summed E-state index contributed by atoms with van der Waals surface area (Å²) in [7, 11) is 1.54. The average Bonchev–Trinajstić information content (AvgIpc) is 2.48. The first-order chi connectivity index (χ1) is 9.20. The molecule has 1 unspecified atom stereocenters. The van der Waals surface area contributed by atoms with Gasteiger partial charge in [-0.1, -0.05) is 30.3 Å². The minimum Gasteiger partial charge on any atom is -0.481 e. The van der Waals surface area contributed by atoms with Crippen LogP contribution in [0.15, 0.2) is 48.7 Å². The van der Waals surface area contributed by atoms with E-state index < -0.39 is 0 Å². The Labute approximate surface area is 112 Å². The van der Waals surface area contributed by atoms with Gasteiger partial charge in [0.2, 0.25) is 5.88 Å². The number of methoxy groups -OCH3 is 1. The van der Waals surface area contributed by atoms with Crippen LogP contribution in [0.25, 0.3) is 0 Å². The van der Waals surface area contributed by atoms with Crippen molar-refractivity contribution < 1.29 is 9.53 Å². The molecule has 0 radical (unpaired) electrons. The normalized spacial score (nSPS) is 11.7. The summed E-state index contributed by atoms with van der Waals surface area (Å²) >= 11 is 0. The van der Waals surface area contributed by atoms with Crippen molar-refractivity contribution in [2.24, 2.45) is 0 Å². The Kier molecular flexibility index (Phi) is 4.13. The lowest BCUT2D eigenvalue weighted by molar-refractivity contribution is 0.0939. The van der Waals surface area contributed by atoms with Gasteiger partial charge >= 0.3 is 0 Å². The van der Waals surface area contributed by atoms with E-state index in [0.29, 0.717) is 11.4 Å². The highest BCUT2D eigenvalue weighted by Gasteiger charge is 2.11. The summed E-state index contributed by atoms with van der Waals surface area (Å²) in [5, 5.41) is 2.93. The summed E-state index contributed by atoms with van der Waals surface area (Å²) in [6.45, 7) is 1.95. The van der Waals surface area contributed by atoms with Gasteiger partial charge in [-0.3, -0.25) is 4.79 Å². The third-order valence-corrected chi connectivity index (χ3v) is 2.85. The van der Waals surface area contributed by atoms with Crippen molar-refractivity contribution in [1.29, 1.82) is 0 Å². The first kappa shape index (κ1) is 13.1. The van der Waals surface area contributed by atoms with Crippen molar-refractivity contribution in [3.63, 3.8) is 0 Å². The van der Waals surface area contributed by atoms with Gasteiger partial charge in [0.15, 0.2) is 0 Å². The summed E-state index contributed by atoms with van der Waals surface area (Å²) in [5.74, 6) is 0.346.